The van der Waals surface area contributed by atoms with E-state index in [0.717, 1.165) is 0 Å². The Bertz CT molecular complexity index is 304. The Morgan fingerprint density at radius 1 is 1.50 bits per heavy atom. The molecule has 7 nitrogen and oxygen atoms in total. The first kappa shape index (κ1) is 15.3. The van der Waals surface area contributed by atoms with Crippen molar-refractivity contribution in [3.8, 4) is 0 Å². The van der Waals surface area contributed by atoms with E-state index >= 15 is 0 Å². The zero-order valence-corrected chi connectivity index (χ0v) is 10.2. The quantitative estimate of drug-likeness (QED) is 0.472. The lowest BCUT2D eigenvalue weighted by atomic mass is 10.2. The first-order valence-electron chi connectivity index (χ1n) is 4.91. The third-order valence-electron chi connectivity index (χ3n) is 1.77. The summed E-state index contributed by atoms with van der Waals surface area (Å²) in [5, 5.41) is 8.76. The Kier molecular flexibility index (Phi) is 7.22. The van der Waals surface area contributed by atoms with E-state index in [4.69, 9.17) is 5.11 Å². The number of carbonyl (C=O) groups is 1. The van der Waals surface area contributed by atoms with Gasteiger partial charge >= 0.3 is 5.97 Å². The van der Waals surface area contributed by atoms with E-state index in [0.29, 0.717) is 6.42 Å². The second-order valence-electron chi connectivity index (χ2n) is 3.19. The number of carboxylic acids is 1. The largest absolute Gasteiger partial charge is 0.480 e. The van der Waals surface area contributed by atoms with Crippen LogP contribution < -0.4 is 9.44 Å². The molecule has 0 bridgehead atoms. The van der Waals surface area contributed by atoms with Crippen LogP contribution in [0.3, 0.4) is 0 Å². The highest BCUT2D eigenvalue weighted by atomic mass is 32.2. The van der Waals surface area contributed by atoms with Gasteiger partial charge in [-0.05, 0) is 6.42 Å². The van der Waals surface area contributed by atoms with Crippen LogP contribution in [0, 0.1) is 0 Å². The van der Waals surface area contributed by atoms with E-state index in [2.05, 4.69) is 14.2 Å². The zero-order chi connectivity index (χ0) is 12.6. The molecule has 16 heavy (non-hydrogen) atoms. The minimum atomic E-state index is -3.78. The summed E-state index contributed by atoms with van der Waals surface area (Å²) in [6, 6.07) is -1.09. The van der Waals surface area contributed by atoms with Crippen LogP contribution in [0.4, 0.5) is 0 Å². The highest BCUT2D eigenvalue weighted by molar-refractivity contribution is 7.87. The van der Waals surface area contributed by atoms with Crippen LogP contribution in [-0.4, -0.2) is 45.8 Å². The van der Waals surface area contributed by atoms with Crippen LogP contribution >= 0.6 is 0 Å². The molecule has 0 heterocycles. The molecule has 0 fully saturated rings. The molecule has 0 unspecified atom stereocenters. The molecule has 96 valence electrons. The lowest BCUT2D eigenvalue weighted by Gasteiger charge is -2.14. The molecule has 0 saturated carbocycles. The van der Waals surface area contributed by atoms with Crippen molar-refractivity contribution in [1.29, 1.82) is 0 Å². The molecule has 0 aliphatic carbocycles. The smallest absolute Gasteiger partial charge is 0.321 e. The zero-order valence-electron chi connectivity index (χ0n) is 9.39. The number of hydrogen-bond acceptors (Lipinski definition) is 4. The second-order valence-corrected chi connectivity index (χ2v) is 4.72. The molecule has 3 N–H and O–H groups in total. The minimum Gasteiger partial charge on any atom is -0.480 e. The van der Waals surface area contributed by atoms with Crippen molar-refractivity contribution in [1.82, 2.24) is 9.44 Å². The summed E-state index contributed by atoms with van der Waals surface area (Å²) in [6.45, 7) is 2.11. The second kappa shape index (κ2) is 7.55. The molecule has 0 saturated heterocycles. The molecule has 0 aromatic carbocycles. The average Bonchev–Trinajstić information content (AvgIpc) is 2.17. The predicted octanol–water partition coefficient (Wildman–Crippen LogP) is -0.690. The minimum absolute atomic E-state index is 0.101. The van der Waals surface area contributed by atoms with Gasteiger partial charge in [0, 0.05) is 13.7 Å². The van der Waals surface area contributed by atoms with E-state index < -0.39 is 22.2 Å². The Morgan fingerprint density at radius 3 is 2.56 bits per heavy atom. The van der Waals surface area contributed by atoms with Crippen molar-refractivity contribution in [2.45, 2.75) is 25.8 Å². The third kappa shape index (κ3) is 6.72. The fourth-order valence-electron chi connectivity index (χ4n) is 1.03. The Labute approximate surface area is 95.4 Å². The van der Waals surface area contributed by atoms with Crippen molar-refractivity contribution in [3.63, 3.8) is 0 Å². The Morgan fingerprint density at radius 2 is 2.12 bits per heavy atom. The molecule has 0 aliphatic rings. The fraction of sp³-hybridized carbons (Fsp3) is 0.875. The standard InChI is InChI=1S/C8H18N2O5S/c1-3-4-7(8(11)12)10-16(13,14)9-5-6-15-2/h7,9-10H,3-6H2,1-2H3,(H,11,12)/t7-/m0/s1. The van der Waals surface area contributed by atoms with E-state index in [1.165, 1.54) is 7.11 Å². The summed E-state index contributed by atoms with van der Waals surface area (Å²) >= 11 is 0. The molecule has 1 atom stereocenters. The number of aliphatic carboxylic acids is 1. The fourth-order valence-corrected chi connectivity index (χ4v) is 2.06. The summed E-state index contributed by atoms with van der Waals surface area (Å²) in [6.07, 6.45) is 0.831. The number of methoxy groups -OCH3 is 1. The maximum Gasteiger partial charge on any atom is 0.321 e. The number of hydrogen-bond donors (Lipinski definition) is 3. The molecule has 0 aliphatic heterocycles. The van der Waals surface area contributed by atoms with Crippen LogP contribution in [0.15, 0.2) is 0 Å². The summed E-state index contributed by atoms with van der Waals surface area (Å²) in [5.41, 5.74) is 0. The monoisotopic (exact) mass is 254 g/mol. The highest BCUT2D eigenvalue weighted by Crippen LogP contribution is 1.98. The number of nitrogens with one attached hydrogen (secondary N) is 2. The third-order valence-corrected chi connectivity index (χ3v) is 2.95. The van der Waals surface area contributed by atoms with E-state index in [1.54, 1.807) is 6.92 Å². The number of ether oxygens (including phenoxy) is 1. The van der Waals surface area contributed by atoms with Gasteiger partial charge in [-0.2, -0.15) is 17.9 Å². The van der Waals surface area contributed by atoms with Crippen LogP contribution in [0.25, 0.3) is 0 Å². The molecule has 8 heteroatoms. The van der Waals surface area contributed by atoms with Gasteiger partial charge in [0.15, 0.2) is 0 Å². The van der Waals surface area contributed by atoms with Crippen LogP contribution in [0.5, 0.6) is 0 Å². The number of carboxylic acid groups (broad SMARTS) is 1. The van der Waals surface area contributed by atoms with Crippen LogP contribution in [0.1, 0.15) is 19.8 Å². The maximum absolute atomic E-state index is 11.4. The van der Waals surface area contributed by atoms with Crippen molar-refractivity contribution in [3.05, 3.63) is 0 Å². The predicted molar refractivity (Wildman–Crippen MR) is 58.3 cm³/mol. The SMILES string of the molecule is CCC[C@H](NS(=O)(=O)NCCOC)C(=O)O. The number of rotatable bonds is 9. The topological polar surface area (TPSA) is 105 Å². The summed E-state index contributed by atoms with van der Waals surface area (Å²) < 4.78 is 31.6. The summed E-state index contributed by atoms with van der Waals surface area (Å²) in [7, 11) is -2.34. The first-order valence-corrected chi connectivity index (χ1v) is 6.40. The molecule has 0 radical (unpaired) electrons. The molecule has 0 spiro atoms. The Hall–Kier alpha value is -0.700. The van der Waals surface area contributed by atoms with Gasteiger partial charge in [-0.3, -0.25) is 4.79 Å². The van der Waals surface area contributed by atoms with Gasteiger partial charge < -0.3 is 9.84 Å². The normalized spacial score (nSPS) is 13.6. The van der Waals surface area contributed by atoms with Gasteiger partial charge in [-0.15, -0.1) is 0 Å². The molecule has 0 aromatic rings. The molecular weight excluding hydrogens is 236 g/mol. The van der Waals surface area contributed by atoms with Gasteiger partial charge in [0.05, 0.1) is 6.61 Å². The van der Waals surface area contributed by atoms with Crippen molar-refractivity contribution in [2.24, 2.45) is 0 Å². The molecule has 0 aromatic heterocycles. The Balaban J connectivity index is 4.25. The van der Waals surface area contributed by atoms with Crippen LogP contribution in [0.2, 0.25) is 0 Å². The van der Waals surface area contributed by atoms with Crippen molar-refractivity contribution >= 4 is 16.2 Å². The summed E-state index contributed by atoms with van der Waals surface area (Å²) in [4.78, 5) is 10.7. The first-order chi connectivity index (χ1) is 7.43. The van der Waals surface area contributed by atoms with Gasteiger partial charge in [0.1, 0.15) is 6.04 Å². The highest BCUT2D eigenvalue weighted by Gasteiger charge is 2.22. The van der Waals surface area contributed by atoms with E-state index in [-0.39, 0.29) is 19.6 Å². The maximum atomic E-state index is 11.4. The molecule has 0 rings (SSSR count). The average molecular weight is 254 g/mol. The van der Waals surface area contributed by atoms with Gasteiger partial charge in [0.25, 0.3) is 10.2 Å². The lowest BCUT2D eigenvalue weighted by Crippen LogP contribution is -2.47. The molecular formula is C8H18N2O5S. The van der Waals surface area contributed by atoms with E-state index in [1.807, 2.05) is 0 Å². The summed E-state index contributed by atoms with van der Waals surface area (Å²) in [5.74, 6) is -1.18. The van der Waals surface area contributed by atoms with Crippen molar-refractivity contribution in [2.75, 3.05) is 20.3 Å². The van der Waals surface area contributed by atoms with Gasteiger partial charge in [-0.25, -0.2) is 0 Å². The van der Waals surface area contributed by atoms with Crippen LogP contribution in [-0.2, 0) is 19.7 Å². The van der Waals surface area contributed by atoms with Crippen molar-refractivity contribution < 1.29 is 23.1 Å². The van der Waals surface area contributed by atoms with Gasteiger partial charge in [0.2, 0.25) is 0 Å². The van der Waals surface area contributed by atoms with E-state index in [9.17, 15) is 13.2 Å². The molecule has 0 amide bonds. The lowest BCUT2D eigenvalue weighted by molar-refractivity contribution is -0.139. The van der Waals surface area contributed by atoms with Gasteiger partial charge in [-0.1, -0.05) is 13.3 Å².